The van der Waals surface area contributed by atoms with Gasteiger partial charge < -0.3 is 19.3 Å². The number of carboxylic acids is 1. The average Bonchev–Trinajstić information content (AvgIpc) is 2.69. The Hall–Kier alpha value is -3.16. The molecule has 0 heterocycles. The van der Waals surface area contributed by atoms with Gasteiger partial charge in [-0.15, -0.1) is 0 Å². The molecule has 0 amide bonds. The molecule has 2 rings (SSSR count). The van der Waals surface area contributed by atoms with E-state index in [0.717, 1.165) is 6.08 Å². The maximum Gasteiger partial charge on any atom is 0.349 e. The van der Waals surface area contributed by atoms with Gasteiger partial charge in [-0.05, 0) is 62.8 Å². The van der Waals surface area contributed by atoms with Crippen molar-refractivity contribution in [3.63, 3.8) is 0 Å². The highest BCUT2D eigenvalue weighted by atomic mass is 16.6. The van der Waals surface area contributed by atoms with E-state index in [1.807, 2.05) is 0 Å². The zero-order valence-electron chi connectivity index (χ0n) is 16.4. The van der Waals surface area contributed by atoms with Crippen LogP contribution in [0.5, 0.6) is 5.75 Å². The van der Waals surface area contributed by atoms with Crippen molar-refractivity contribution in [2.75, 3.05) is 6.61 Å². The number of aliphatic carboxylic acids is 1. The van der Waals surface area contributed by atoms with E-state index >= 15 is 0 Å². The lowest BCUT2D eigenvalue weighted by molar-refractivity contribution is -0.150. The molecule has 0 aliphatic heterocycles. The summed E-state index contributed by atoms with van der Waals surface area (Å²) in [5.74, 6) is -2.90. The molecule has 1 aliphatic rings. The maximum atomic E-state index is 12.5. The fourth-order valence-electron chi connectivity index (χ4n) is 3.21. The maximum absolute atomic E-state index is 12.5. The van der Waals surface area contributed by atoms with Gasteiger partial charge >= 0.3 is 23.9 Å². The van der Waals surface area contributed by atoms with Gasteiger partial charge in [-0.2, -0.15) is 0 Å². The first kappa shape index (κ1) is 22.1. The minimum Gasteiger partial charge on any atom is -0.481 e. The molecule has 0 aromatic heterocycles. The molecule has 0 bridgehead atoms. The van der Waals surface area contributed by atoms with Crippen LogP contribution in [0.3, 0.4) is 0 Å². The summed E-state index contributed by atoms with van der Waals surface area (Å²) in [4.78, 5) is 46.3. The zero-order chi connectivity index (χ0) is 21.6. The Balaban J connectivity index is 1.98. The summed E-state index contributed by atoms with van der Waals surface area (Å²) < 4.78 is 15.4. The molecule has 0 spiro atoms. The number of rotatable bonds is 7. The average molecular weight is 404 g/mol. The molecular weight excluding hydrogens is 380 g/mol. The predicted octanol–water partition coefficient (Wildman–Crippen LogP) is 2.74. The Morgan fingerprint density at radius 1 is 1.10 bits per heavy atom. The summed E-state index contributed by atoms with van der Waals surface area (Å²) in [5.41, 5.74) is 1.42. The molecule has 8 heteroatoms. The summed E-state index contributed by atoms with van der Waals surface area (Å²) >= 11 is 0. The number of carbonyl (C=O) groups is 4. The van der Waals surface area contributed by atoms with Crippen molar-refractivity contribution in [3.05, 3.63) is 41.5 Å². The molecule has 156 valence electrons. The SMILES string of the molecule is C=CC(=O)OCC(=O)Oc1c(C)cc(C(=O)OC2CCC(C(=O)O)CC2)cc1C. The van der Waals surface area contributed by atoms with Crippen LogP contribution in [0.1, 0.15) is 47.2 Å². The molecule has 29 heavy (non-hydrogen) atoms. The minimum atomic E-state index is -0.814. The highest BCUT2D eigenvalue weighted by molar-refractivity contribution is 5.90. The van der Waals surface area contributed by atoms with Crippen LogP contribution in [0.2, 0.25) is 0 Å². The first-order valence-corrected chi connectivity index (χ1v) is 9.26. The first-order chi connectivity index (χ1) is 13.7. The second-order valence-electron chi connectivity index (χ2n) is 6.94. The minimum absolute atomic E-state index is 0.281. The number of aryl methyl sites for hydroxylation is 2. The summed E-state index contributed by atoms with van der Waals surface area (Å²) in [7, 11) is 0. The highest BCUT2D eigenvalue weighted by Crippen LogP contribution is 2.29. The smallest absolute Gasteiger partial charge is 0.349 e. The number of esters is 3. The second-order valence-corrected chi connectivity index (χ2v) is 6.94. The van der Waals surface area contributed by atoms with Gasteiger partial charge in [-0.1, -0.05) is 6.58 Å². The molecule has 1 saturated carbocycles. The molecule has 1 fully saturated rings. The van der Waals surface area contributed by atoms with Gasteiger partial charge in [0.25, 0.3) is 0 Å². The van der Waals surface area contributed by atoms with Crippen LogP contribution in [0.4, 0.5) is 0 Å². The standard InChI is InChI=1S/C21H24O8/c1-4-17(22)27-11-18(23)29-19-12(2)9-15(10-13(19)3)21(26)28-16-7-5-14(6-8-16)20(24)25/h4,9-10,14,16H,1,5-8,11H2,2-3H3,(H,24,25). The molecular formula is C21H24O8. The van der Waals surface area contributed by atoms with Crippen molar-refractivity contribution in [2.45, 2.75) is 45.6 Å². The summed E-state index contributed by atoms with van der Waals surface area (Å²) in [6.45, 7) is 6.05. The Morgan fingerprint density at radius 3 is 2.21 bits per heavy atom. The van der Waals surface area contributed by atoms with Crippen molar-refractivity contribution in [2.24, 2.45) is 5.92 Å². The van der Waals surface area contributed by atoms with E-state index in [9.17, 15) is 19.2 Å². The Morgan fingerprint density at radius 2 is 1.69 bits per heavy atom. The van der Waals surface area contributed by atoms with Gasteiger partial charge in [0.05, 0.1) is 11.5 Å². The third kappa shape index (κ3) is 6.17. The van der Waals surface area contributed by atoms with Gasteiger partial charge in [0.15, 0.2) is 6.61 Å². The molecule has 1 aromatic rings. The summed E-state index contributed by atoms with van der Waals surface area (Å²) in [5, 5.41) is 9.03. The summed E-state index contributed by atoms with van der Waals surface area (Å²) in [6, 6.07) is 3.10. The second kappa shape index (κ2) is 9.86. The number of hydrogen-bond donors (Lipinski definition) is 1. The molecule has 1 N–H and O–H groups in total. The third-order valence-electron chi connectivity index (χ3n) is 4.71. The van der Waals surface area contributed by atoms with Crippen LogP contribution >= 0.6 is 0 Å². The van der Waals surface area contributed by atoms with Crippen molar-refractivity contribution in [1.82, 2.24) is 0 Å². The monoisotopic (exact) mass is 404 g/mol. The Labute approximate surface area is 168 Å². The summed E-state index contributed by atoms with van der Waals surface area (Å²) in [6.07, 6.45) is 2.63. The van der Waals surface area contributed by atoms with Gasteiger partial charge in [-0.25, -0.2) is 14.4 Å². The lowest BCUT2D eigenvalue weighted by Gasteiger charge is -2.26. The first-order valence-electron chi connectivity index (χ1n) is 9.26. The number of carbonyl (C=O) groups excluding carboxylic acids is 3. The lowest BCUT2D eigenvalue weighted by atomic mass is 9.87. The van der Waals surface area contributed by atoms with Crippen molar-refractivity contribution in [3.8, 4) is 5.75 Å². The van der Waals surface area contributed by atoms with E-state index < -0.39 is 30.5 Å². The molecule has 0 atom stereocenters. The fraction of sp³-hybridized carbons (Fsp3) is 0.429. The normalized spacial score (nSPS) is 18.4. The van der Waals surface area contributed by atoms with Crippen molar-refractivity contribution in [1.29, 1.82) is 0 Å². The largest absolute Gasteiger partial charge is 0.481 e. The molecule has 8 nitrogen and oxygen atoms in total. The van der Waals surface area contributed by atoms with Crippen molar-refractivity contribution >= 4 is 23.9 Å². The number of hydrogen-bond acceptors (Lipinski definition) is 7. The third-order valence-corrected chi connectivity index (χ3v) is 4.71. The molecule has 0 saturated heterocycles. The van der Waals surface area contributed by atoms with Gasteiger partial charge in [0.1, 0.15) is 11.9 Å². The van der Waals surface area contributed by atoms with E-state index in [1.165, 1.54) is 0 Å². The van der Waals surface area contributed by atoms with Crippen LogP contribution in [0, 0.1) is 19.8 Å². The van der Waals surface area contributed by atoms with E-state index in [2.05, 4.69) is 11.3 Å². The van der Waals surface area contributed by atoms with Crippen LogP contribution in [0.25, 0.3) is 0 Å². The van der Waals surface area contributed by atoms with Crippen LogP contribution in [-0.4, -0.2) is 41.7 Å². The van der Waals surface area contributed by atoms with Crippen LogP contribution in [0.15, 0.2) is 24.8 Å². The number of benzene rings is 1. The highest BCUT2D eigenvalue weighted by Gasteiger charge is 2.28. The molecule has 1 aliphatic carbocycles. The van der Waals surface area contributed by atoms with Crippen molar-refractivity contribution < 1.29 is 38.5 Å². The Kier molecular flexibility index (Phi) is 7.52. The van der Waals surface area contributed by atoms with E-state index in [1.54, 1.807) is 26.0 Å². The topological polar surface area (TPSA) is 116 Å². The number of carboxylic acid groups (broad SMARTS) is 1. The lowest BCUT2D eigenvalue weighted by Crippen LogP contribution is -2.28. The zero-order valence-corrected chi connectivity index (χ0v) is 16.4. The van der Waals surface area contributed by atoms with Crippen LogP contribution in [-0.2, 0) is 23.9 Å². The van der Waals surface area contributed by atoms with Gasteiger partial charge in [0, 0.05) is 6.08 Å². The van der Waals surface area contributed by atoms with E-state index in [-0.39, 0.29) is 17.8 Å². The molecule has 0 unspecified atom stereocenters. The molecule has 0 radical (unpaired) electrons. The van der Waals surface area contributed by atoms with Gasteiger partial charge in [0.2, 0.25) is 0 Å². The van der Waals surface area contributed by atoms with E-state index in [0.29, 0.717) is 42.4 Å². The number of ether oxygens (including phenoxy) is 3. The van der Waals surface area contributed by atoms with Gasteiger partial charge in [-0.3, -0.25) is 4.79 Å². The predicted molar refractivity (Wildman–Crippen MR) is 102 cm³/mol. The van der Waals surface area contributed by atoms with E-state index in [4.69, 9.17) is 14.6 Å². The Bertz CT molecular complexity index is 795. The quantitative estimate of drug-likeness (QED) is 0.419. The molecule has 1 aromatic carbocycles. The van der Waals surface area contributed by atoms with Crippen LogP contribution < -0.4 is 4.74 Å². The fourth-order valence-corrected chi connectivity index (χ4v) is 3.21.